The summed E-state index contributed by atoms with van der Waals surface area (Å²) in [5.41, 5.74) is 0.973. The van der Waals surface area contributed by atoms with Gasteiger partial charge >= 0.3 is 0 Å². The molecule has 7 heteroatoms. The maximum absolute atomic E-state index is 12.0. The number of hydrogen-bond acceptors (Lipinski definition) is 3. The molecule has 0 unspecified atom stereocenters. The fourth-order valence-corrected chi connectivity index (χ4v) is 2.73. The highest BCUT2D eigenvalue weighted by Gasteiger charge is 2.12. The van der Waals surface area contributed by atoms with Crippen LogP contribution in [0.1, 0.15) is 10.4 Å². The van der Waals surface area contributed by atoms with Gasteiger partial charge in [0.1, 0.15) is 0 Å². The van der Waals surface area contributed by atoms with Crippen LogP contribution in [0.5, 0.6) is 0 Å². The number of primary sulfonamides is 1. The highest BCUT2D eigenvalue weighted by molar-refractivity contribution is 9.10. The summed E-state index contributed by atoms with van der Waals surface area (Å²) in [4.78, 5) is 11.9. The third-order valence-electron chi connectivity index (χ3n) is 2.55. The third-order valence-corrected chi connectivity index (χ3v) is 4.12. The molecule has 0 bridgehead atoms. The molecule has 3 N–H and O–H groups in total. The fourth-order valence-electron chi connectivity index (χ4n) is 1.56. The van der Waals surface area contributed by atoms with Gasteiger partial charge in [0, 0.05) is 10.0 Å². The first-order valence-corrected chi connectivity index (χ1v) is 7.90. The van der Waals surface area contributed by atoms with E-state index in [1.807, 2.05) is 6.07 Å². The molecule has 2 aromatic rings. The van der Waals surface area contributed by atoms with E-state index in [1.165, 1.54) is 18.2 Å². The molecule has 0 aromatic heterocycles. The van der Waals surface area contributed by atoms with Crippen LogP contribution in [0.25, 0.3) is 0 Å². The first-order valence-electron chi connectivity index (χ1n) is 5.56. The summed E-state index contributed by atoms with van der Waals surface area (Å²) in [5.74, 6) is -0.283. The lowest BCUT2D eigenvalue weighted by atomic mass is 10.2. The van der Waals surface area contributed by atoms with Crippen LogP contribution in [0.2, 0.25) is 0 Å². The minimum atomic E-state index is -3.77. The Morgan fingerprint density at radius 3 is 2.30 bits per heavy atom. The molecule has 0 aliphatic rings. The van der Waals surface area contributed by atoms with Crippen LogP contribution in [0, 0.1) is 0 Å². The van der Waals surface area contributed by atoms with Gasteiger partial charge in [0.25, 0.3) is 5.91 Å². The number of sulfonamides is 1. The number of amides is 1. The quantitative estimate of drug-likeness (QED) is 0.886. The summed E-state index contributed by atoms with van der Waals surface area (Å²) < 4.78 is 22.9. The van der Waals surface area contributed by atoms with E-state index in [2.05, 4.69) is 21.2 Å². The fraction of sp³-hybridized carbons (Fsp3) is 0. The first kappa shape index (κ1) is 14.7. The number of anilines is 1. The van der Waals surface area contributed by atoms with Crippen molar-refractivity contribution in [1.82, 2.24) is 0 Å². The molecule has 0 spiro atoms. The summed E-state index contributed by atoms with van der Waals surface area (Å²) in [5, 5.41) is 7.72. The zero-order valence-corrected chi connectivity index (χ0v) is 12.6. The van der Waals surface area contributed by atoms with Crippen molar-refractivity contribution in [3.05, 3.63) is 58.6 Å². The number of benzene rings is 2. The average molecular weight is 355 g/mol. The second kappa shape index (κ2) is 5.74. The zero-order chi connectivity index (χ0) is 14.8. The Morgan fingerprint density at radius 2 is 1.75 bits per heavy atom. The summed E-state index contributed by atoms with van der Waals surface area (Å²) in [6.45, 7) is 0. The maximum atomic E-state index is 12.0. The minimum absolute atomic E-state index is 0.0258. The van der Waals surface area contributed by atoms with E-state index in [1.54, 1.807) is 24.3 Å². The lowest BCUT2D eigenvalue weighted by Crippen LogP contribution is -2.14. The molecule has 0 saturated heterocycles. The van der Waals surface area contributed by atoms with Crippen molar-refractivity contribution < 1.29 is 13.2 Å². The molecule has 1 amide bonds. The van der Waals surface area contributed by atoms with Crippen molar-refractivity contribution in [2.24, 2.45) is 5.14 Å². The Balaban J connectivity index is 2.25. The molecule has 0 atom stereocenters. The van der Waals surface area contributed by atoms with Crippen LogP contribution >= 0.6 is 15.9 Å². The molecular weight excluding hydrogens is 344 g/mol. The molecule has 0 radical (unpaired) electrons. The van der Waals surface area contributed by atoms with Crippen molar-refractivity contribution in [2.45, 2.75) is 4.90 Å². The smallest absolute Gasteiger partial charge is 0.255 e. The normalized spacial score (nSPS) is 11.1. The van der Waals surface area contributed by atoms with Crippen molar-refractivity contribution in [3.63, 3.8) is 0 Å². The lowest BCUT2D eigenvalue weighted by molar-refractivity contribution is 0.102. The zero-order valence-electron chi connectivity index (χ0n) is 10.2. The van der Waals surface area contributed by atoms with E-state index >= 15 is 0 Å². The topological polar surface area (TPSA) is 89.3 Å². The number of rotatable bonds is 3. The van der Waals surface area contributed by atoms with Gasteiger partial charge in [0.15, 0.2) is 0 Å². The first-order chi connectivity index (χ1) is 9.38. The summed E-state index contributed by atoms with van der Waals surface area (Å²) in [7, 11) is -3.77. The number of halogens is 1. The molecule has 5 nitrogen and oxygen atoms in total. The molecule has 0 aliphatic carbocycles. The predicted molar refractivity (Wildman–Crippen MR) is 79.9 cm³/mol. The van der Waals surface area contributed by atoms with Gasteiger partial charge in [-0.3, -0.25) is 4.79 Å². The van der Waals surface area contributed by atoms with Gasteiger partial charge in [-0.25, -0.2) is 13.6 Å². The third kappa shape index (κ3) is 3.44. The molecule has 2 rings (SSSR count). The van der Waals surface area contributed by atoms with E-state index in [0.29, 0.717) is 15.7 Å². The van der Waals surface area contributed by atoms with E-state index < -0.39 is 10.0 Å². The second-order valence-corrected chi connectivity index (χ2v) is 6.42. The Kier molecular flexibility index (Phi) is 4.22. The largest absolute Gasteiger partial charge is 0.321 e. The highest BCUT2D eigenvalue weighted by Crippen LogP contribution is 2.25. The Hall–Kier alpha value is -1.70. The van der Waals surface area contributed by atoms with Gasteiger partial charge in [0.2, 0.25) is 10.0 Å². The van der Waals surface area contributed by atoms with Crippen molar-refractivity contribution in [3.8, 4) is 0 Å². The predicted octanol–water partition coefficient (Wildman–Crippen LogP) is 2.35. The molecule has 0 saturated carbocycles. The number of nitrogens with two attached hydrogens (primary N) is 1. The summed E-state index contributed by atoms with van der Waals surface area (Å²) in [6, 6.07) is 12.8. The van der Waals surface area contributed by atoms with Crippen molar-refractivity contribution in [2.75, 3.05) is 5.32 Å². The van der Waals surface area contributed by atoms with Crippen LogP contribution in [0.15, 0.2) is 57.9 Å². The number of hydrogen-bond donors (Lipinski definition) is 2. The molecule has 0 aliphatic heterocycles. The van der Waals surface area contributed by atoms with Gasteiger partial charge in [-0.05, 0) is 46.3 Å². The Labute approximate surface area is 125 Å². The van der Waals surface area contributed by atoms with Crippen molar-refractivity contribution in [1.29, 1.82) is 0 Å². The van der Waals surface area contributed by atoms with Gasteiger partial charge < -0.3 is 5.32 Å². The van der Waals surface area contributed by atoms with E-state index in [0.717, 1.165) is 0 Å². The molecule has 0 fully saturated rings. The molecule has 20 heavy (non-hydrogen) atoms. The Bertz CT molecular complexity index is 745. The van der Waals surface area contributed by atoms with Crippen LogP contribution in [-0.2, 0) is 10.0 Å². The minimum Gasteiger partial charge on any atom is -0.321 e. The van der Waals surface area contributed by atoms with E-state index in [4.69, 9.17) is 5.14 Å². The van der Waals surface area contributed by atoms with Crippen LogP contribution < -0.4 is 10.5 Å². The van der Waals surface area contributed by atoms with Gasteiger partial charge in [-0.15, -0.1) is 0 Å². The molecule has 104 valence electrons. The molecule has 2 aromatic carbocycles. The van der Waals surface area contributed by atoms with E-state index in [-0.39, 0.29) is 10.8 Å². The molecular formula is C13H11BrN2O3S. The van der Waals surface area contributed by atoms with Crippen molar-refractivity contribution >= 4 is 37.5 Å². The molecule has 0 heterocycles. The van der Waals surface area contributed by atoms with Gasteiger partial charge in [0.05, 0.1) is 10.6 Å². The van der Waals surface area contributed by atoms with E-state index in [9.17, 15) is 13.2 Å². The lowest BCUT2D eigenvalue weighted by Gasteiger charge is -2.08. The van der Waals surface area contributed by atoms with Crippen LogP contribution in [-0.4, -0.2) is 14.3 Å². The average Bonchev–Trinajstić information content (AvgIpc) is 2.41. The number of nitrogens with one attached hydrogen (secondary N) is 1. The maximum Gasteiger partial charge on any atom is 0.255 e. The van der Waals surface area contributed by atoms with Gasteiger partial charge in [-0.2, -0.15) is 0 Å². The summed E-state index contributed by atoms with van der Waals surface area (Å²) in [6.07, 6.45) is 0. The number of carbonyl (C=O) groups is 1. The van der Waals surface area contributed by atoms with Gasteiger partial charge in [-0.1, -0.05) is 18.2 Å². The number of carbonyl (C=O) groups excluding carboxylic acids is 1. The monoisotopic (exact) mass is 354 g/mol. The van der Waals surface area contributed by atoms with Crippen LogP contribution in [0.4, 0.5) is 5.69 Å². The highest BCUT2D eigenvalue weighted by atomic mass is 79.9. The Morgan fingerprint density at radius 1 is 1.10 bits per heavy atom. The standard InChI is InChI=1S/C13H11BrN2O3S/c14-11-8-10(20(15,18)19)6-7-12(11)16-13(17)9-4-2-1-3-5-9/h1-8H,(H,16,17)(H2,15,18,19). The summed E-state index contributed by atoms with van der Waals surface area (Å²) >= 11 is 3.21. The second-order valence-electron chi connectivity index (χ2n) is 4.01. The SMILES string of the molecule is NS(=O)(=O)c1ccc(NC(=O)c2ccccc2)c(Br)c1. The van der Waals surface area contributed by atoms with Crippen LogP contribution in [0.3, 0.4) is 0 Å².